The number of para-hydroxylation sites is 1. The largest absolute Gasteiger partial charge is 0.384 e. The highest BCUT2D eigenvalue weighted by Crippen LogP contribution is 2.29. The van der Waals surface area contributed by atoms with E-state index in [0.29, 0.717) is 12.1 Å². The fourth-order valence-corrected chi connectivity index (χ4v) is 3.16. The number of nitrogens with zero attached hydrogens (tertiary/aromatic N) is 4. The van der Waals surface area contributed by atoms with E-state index in [0.717, 1.165) is 34.6 Å². The molecule has 0 fully saturated rings. The molecule has 0 unspecified atom stereocenters. The van der Waals surface area contributed by atoms with Crippen LogP contribution in [-0.4, -0.2) is 26.2 Å². The molecule has 2 heterocycles. The van der Waals surface area contributed by atoms with Crippen LogP contribution in [-0.2, 0) is 13.5 Å². The van der Waals surface area contributed by atoms with Gasteiger partial charge in [-0.15, -0.1) is 0 Å². The second-order valence-corrected chi connectivity index (χ2v) is 6.19. The van der Waals surface area contributed by atoms with E-state index < -0.39 is 0 Å². The summed E-state index contributed by atoms with van der Waals surface area (Å²) in [5, 5.41) is 19.9. The SMILES string of the molecule is Cc1cc(NCCc2c(C)nn(C)c2C)c2cccc([N+](=O)[O-])c2n1. The third kappa shape index (κ3) is 3.17. The summed E-state index contributed by atoms with van der Waals surface area (Å²) in [7, 11) is 1.94. The van der Waals surface area contributed by atoms with Gasteiger partial charge in [0.05, 0.1) is 10.6 Å². The highest BCUT2D eigenvalue weighted by atomic mass is 16.6. The molecule has 130 valence electrons. The Kier molecular flexibility index (Phi) is 4.39. The van der Waals surface area contributed by atoms with Crippen LogP contribution in [0.5, 0.6) is 0 Å². The van der Waals surface area contributed by atoms with Crippen molar-refractivity contribution >= 4 is 22.3 Å². The quantitative estimate of drug-likeness (QED) is 0.568. The number of non-ortho nitro benzene ring substituents is 1. The minimum atomic E-state index is -0.388. The highest BCUT2D eigenvalue weighted by Gasteiger charge is 2.16. The van der Waals surface area contributed by atoms with Crippen LogP contribution in [0.1, 0.15) is 22.6 Å². The van der Waals surface area contributed by atoms with Crippen molar-refractivity contribution in [2.24, 2.45) is 7.05 Å². The second-order valence-electron chi connectivity index (χ2n) is 6.19. The lowest BCUT2D eigenvalue weighted by Gasteiger charge is -2.11. The first-order valence-electron chi connectivity index (χ1n) is 8.16. The van der Waals surface area contributed by atoms with E-state index in [-0.39, 0.29) is 10.6 Å². The number of nitrogens with one attached hydrogen (secondary N) is 1. The number of nitro benzene ring substituents is 1. The third-order valence-corrected chi connectivity index (χ3v) is 4.49. The van der Waals surface area contributed by atoms with E-state index in [1.54, 1.807) is 6.07 Å². The van der Waals surface area contributed by atoms with E-state index in [1.165, 1.54) is 11.6 Å². The van der Waals surface area contributed by atoms with Gasteiger partial charge in [-0.2, -0.15) is 5.10 Å². The van der Waals surface area contributed by atoms with Gasteiger partial charge in [-0.05, 0) is 38.8 Å². The normalized spacial score (nSPS) is 11.0. The number of rotatable bonds is 5. The monoisotopic (exact) mass is 339 g/mol. The molecule has 1 N–H and O–H groups in total. The van der Waals surface area contributed by atoms with E-state index >= 15 is 0 Å². The number of benzene rings is 1. The number of anilines is 1. The first-order valence-corrected chi connectivity index (χ1v) is 8.16. The molecule has 0 aliphatic heterocycles. The fraction of sp³-hybridized carbons (Fsp3) is 0.333. The molecule has 0 atom stereocenters. The lowest BCUT2D eigenvalue weighted by atomic mass is 10.1. The summed E-state index contributed by atoms with van der Waals surface area (Å²) in [4.78, 5) is 15.2. The van der Waals surface area contributed by atoms with Crippen LogP contribution >= 0.6 is 0 Å². The summed E-state index contributed by atoms with van der Waals surface area (Å²) in [6, 6.07) is 6.96. The third-order valence-electron chi connectivity index (χ3n) is 4.49. The number of aryl methyl sites for hydroxylation is 3. The Bertz CT molecular complexity index is 962. The molecule has 0 spiro atoms. The Hall–Kier alpha value is -2.96. The number of fused-ring (bicyclic) bond motifs is 1. The number of pyridine rings is 1. The molecule has 25 heavy (non-hydrogen) atoms. The molecule has 0 aliphatic carbocycles. The predicted molar refractivity (Wildman–Crippen MR) is 98.0 cm³/mol. The summed E-state index contributed by atoms with van der Waals surface area (Å²) in [5.74, 6) is 0. The number of hydrogen-bond acceptors (Lipinski definition) is 5. The van der Waals surface area contributed by atoms with E-state index in [2.05, 4.69) is 22.3 Å². The molecule has 0 amide bonds. The molecular weight excluding hydrogens is 318 g/mol. The molecule has 7 heteroatoms. The molecule has 0 aliphatic rings. The molecule has 1 aromatic carbocycles. The maximum Gasteiger partial charge on any atom is 0.295 e. The van der Waals surface area contributed by atoms with Crippen molar-refractivity contribution in [2.45, 2.75) is 27.2 Å². The van der Waals surface area contributed by atoms with Gasteiger partial charge >= 0.3 is 0 Å². The zero-order valence-corrected chi connectivity index (χ0v) is 14.8. The van der Waals surface area contributed by atoms with Crippen molar-refractivity contribution < 1.29 is 4.92 Å². The summed E-state index contributed by atoms with van der Waals surface area (Å²) in [5.41, 5.74) is 5.49. The van der Waals surface area contributed by atoms with Gasteiger partial charge in [0, 0.05) is 42.1 Å². The summed E-state index contributed by atoms with van der Waals surface area (Å²) >= 11 is 0. The van der Waals surface area contributed by atoms with Crippen LogP contribution in [0.2, 0.25) is 0 Å². The van der Waals surface area contributed by atoms with Gasteiger partial charge < -0.3 is 5.32 Å². The molecule has 0 saturated carbocycles. The molecule has 0 saturated heterocycles. The molecule has 2 aromatic heterocycles. The Morgan fingerprint density at radius 3 is 2.68 bits per heavy atom. The van der Waals surface area contributed by atoms with E-state index in [1.807, 2.05) is 37.7 Å². The Morgan fingerprint density at radius 1 is 1.28 bits per heavy atom. The minimum absolute atomic E-state index is 0.0307. The standard InChI is InChI=1S/C18H21N5O2/c1-11-10-16(15-6-5-7-17(23(24)25)18(15)20-11)19-9-8-14-12(2)21-22(4)13(14)3/h5-7,10H,8-9H2,1-4H3,(H,19,20). The van der Waals surface area contributed by atoms with Crippen molar-refractivity contribution in [3.8, 4) is 0 Å². The molecule has 0 radical (unpaired) electrons. The Balaban J connectivity index is 1.89. The number of nitro groups is 1. The van der Waals surface area contributed by atoms with Crippen molar-refractivity contribution in [1.29, 1.82) is 0 Å². The summed E-state index contributed by atoms with van der Waals surface area (Å²) in [6.45, 7) is 6.63. The first-order chi connectivity index (χ1) is 11.9. The highest BCUT2D eigenvalue weighted by molar-refractivity contribution is 5.96. The molecule has 7 nitrogen and oxygen atoms in total. The van der Waals surface area contributed by atoms with E-state index in [9.17, 15) is 10.1 Å². The zero-order chi connectivity index (χ0) is 18.1. The summed E-state index contributed by atoms with van der Waals surface area (Å²) in [6.07, 6.45) is 0.837. The van der Waals surface area contributed by atoms with Crippen molar-refractivity contribution in [3.63, 3.8) is 0 Å². The Labute approximate surface area is 145 Å². The van der Waals surface area contributed by atoms with Crippen LogP contribution in [0.25, 0.3) is 10.9 Å². The number of aromatic nitrogens is 3. The van der Waals surface area contributed by atoms with Crippen molar-refractivity contribution in [1.82, 2.24) is 14.8 Å². The van der Waals surface area contributed by atoms with Gasteiger partial charge in [0.25, 0.3) is 5.69 Å². The molecular formula is C18H21N5O2. The van der Waals surface area contributed by atoms with Crippen LogP contribution in [0.4, 0.5) is 11.4 Å². The lowest BCUT2D eigenvalue weighted by Crippen LogP contribution is -2.08. The van der Waals surface area contributed by atoms with Crippen molar-refractivity contribution in [3.05, 3.63) is 57.0 Å². The second kappa shape index (κ2) is 6.51. The van der Waals surface area contributed by atoms with Gasteiger partial charge in [-0.3, -0.25) is 14.8 Å². The maximum atomic E-state index is 11.2. The average Bonchev–Trinajstić information content (AvgIpc) is 2.80. The maximum absolute atomic E-state index is 11.2. The van der Waals surface area contributed by atoms with Gasteiger partial charge in [0.15, 0.2) is 5.52 Å². The van der Waals surface area contributed by atoms with Gasteiger partial charge in [0.1, 0.15) is 0 Å². The minimum Gasteiger partial charge on any atom is -0.384 e. The first kappa shape index (κ1) is 16.9. The average molecular weight is 339 g/mol. The molecule has 0 bridgehead atoms. The van der Waals surface area contributed by atoms with Crippen LogP contribution in [0.15, 0.2) is 24.3 Å². The fourth-order valence-electron chi connectivity index (χ4n) is 3.16. The predicted octanol–water partition coefficient (Wildman–Crippen LogP) is 3.46. The topological polar surface area (TPSA) is 85.9 Å². The lowest BCUT2D eigenvalue weighted by molar-refractivity contribution is -0.383. The molecule has 3 aromatic rings. The van der Waals surface area contributed by atoms with Gasteiger partial charge in [-0.25, -0.2) is 4.98 Å². The number of hydrogen-bond donors (Lipinski definition) is 1. The zero-order valence-electron chi connectivity index (χ0n) is 14.8. The van der Waals surface area contributed by atoms with Crippen LogP contribution < -0.4 is 5.32 Å². The Morgan fingerprint density at radius 2 is 2.04 bits per heavy atom. The van der Waals surface area contributed by atoms with Crippen LogP contribution in [0.3, 0.4) is 0 Å². The summed E-state index contributed by atoms with van der Waals surface area (Å²) < 4.78 is 1.89. The molecule has 3 rings (SSSR count). The van der Waals surface area contributed by atoms with Gasteiger partial charge in [0.2, 0.25) is 0 Å². The van der Waals surface area contributed by atoms with Gasteiger partial charge in [-0.1, -0.05) is 12.1 Å². The van der Waals surface area contributed by atoms with Crippen LogP contribution in [0, 0.1) is 30.9 Å². The van der Waals surface area contributed by atoms with E-state index in [4.69, 9.17) is 0 Å². The van der Waals surface area contributed by atoms with Crippen molar-refractivity contribution in [2.75, 3.05) is 11.9 Å². The smallest absolute Gasteiger partial charge is 0.295 e.